The van der Waals surface area contributed by atoms with E-state index in [1.807, 2.05) is 0 Å². The maximum Gasteiger partial charge on any atom is 0.328 e. The Hall–Kier alpha value is -0.750. The van der Waals surface area contributed by atoms with E-state index < -0.39 is 18.6 Å². The minimum Gasteiger partial charge on any atom is -0.480 e. The van der Waals surface area contributed by atoms with Crippen LogP contribution in [0, 0.1) is 0 Å². The zero-order valence-corrected chi connectivity index (χ0v) is 8.42. The summed E-state index contributed by atoms with van der Waals surface area (Å²) in [5, 5.41) is 19.4. The molecule has 1 fully saturated rings. The first-order valence-corrected chi connectivity index (χ1v) is 5.45. The van der Waals surface area contributed by atoms with E-state index in [1.165, 1.54) is 11.8 Å². The van der Waals surface area contributed by atoms with Gasteiger partial charge in [0, 0.05) is 0 Å². The van der Waals surface area contributed by atoms with Crippen molar-refractivity contribution in [3.05, 3.63) is 0 Å². The summed E-state index contributed by atoms with van der Waals surface area (Å²) in [6, 6.07) is -1.18. The average molecular weight is 219 g/mol. The molecule has 1 aliphatic heterocycles. The summed E-state index contributed by atoms with van der Waals surface area (Å²) in [5.74, 6) is -0.549. The molecule has 1 rings (SSSR count). The third kappa shape index (κ3) is 2.88. The summed E-state index contributed by atoms with van der Waals surface area (Å²) in [5.41, 5.74) is 0. The molecule has 2 unspecified atom stereocenters. The lowest BCUT2D eigenvalue weighted by Crippen LogP contribution is -2.46. The van der Waals surface area contributed by atoms with Crippen molar-refractivity contribution in [1.29, 1.82) is 0 Å². The highest BCUT2D eigenvalue weighted by atomic mass is 32.2. The van der Waals surface area contributed by atoms with Crippen LogP contribution in [0.3, 0.4) is 0 Å². The van der Waals surface area contributed by atoms with Crippen LogP contribution in [0.2, 0.25) is 0 Å². The van der Waals surface area contributed by atoms with E-state index in [0.29, 0.717) is 0 Å². The summed E-state index contributed by atoms with van der Waals surface area (Å²) < 4.78 is 0. The number of aliphatic hydroxyl groups excluding tert-OH is 1. The van der Waals surface area contributed by atoms with Gasteiger partial charge in [-0.2, -0.15) is 0 Å². The first-order chi connectivity index (χ1) is 6.65. The standard InChI is InChI=1S/C8H13NO4S/c10-4-5(8(12)13)9-7(11)6-2-1-3-14-6/h5-6,10H,1-4H2,(H,9,11)(H,12,13). The summed E-state index contributed by atoms with van der Waals surface area (Å²) in [7, 11) is 0. The lowest BCUT2D eigenvalue weighted by molar-refractivity contribution is -0.142. The molecule has 14 heavy (non-hydrogen) atoms. The molecular formula is C8H13NO4S. The number of amides is 1. The van der Waals surface area contributed by atoms with Crippen molar-refractivity contribution in [3.8, 4) is 0 Å². The number of aliphatic carboxylic acids is 1. The summed E-state index contributed by atoms with van der Waals surface area (Å²) >= 11 is 1.53. The van der Waals surface area contributed by atoms with Gasteiger partial charge in [-0.25, -0.2) is 4.79 Å². The van der Waals surface area contributed by atoms with E-state index in [0.717, 1.165) is 18.6 Å². The van der Waals surface area contributed by atoms with Gasteiger partial charge in [-0.1, -0.05) is 0 Å². The van der Waals surface area contributed by atoms with Gasteiger partial charge in [-0.15, -0.1) is 11.8 Å². The van der Waals surface area contributed by atoms with Gasteiger partial charge in [-0.05, 0) is 18.6 Å². The number of thioether (sulfide) groups is 1. The van der Waals surface area contributed by atoms with Crippen LogP contribution in [0.5, 0.6) is 0 Å². The van der Waals surface area contributed by atoms with Gasteiger partial charge < -0.3 is 15.5 Å². The van der Waals surface area contributed by atoms with Crippen molar-refractivity contribution < 1.29 is 19.8 Å². The SMILES string of the molecule is O=C(O)C(CO)NC(=O)C1CCCS1. The molecule has 0 spiro atoms. The monoisotopic (exact) mass is 219 g/mol. The van der Waals surface area contributed by atoms with Crippen molar-refractivity contribution in [2.24, 2.45) is 0 Å². The second kappa shape index (κ2) is 5.21. The van der Waals surface area contributed by atoms with E-state index in [4.69, 9.17) is 10.2 Å². The molecule has 0 saturated carbocycles. The van der Waals surface area contributed by atoms with Crippen LogP contribution in [0.4, 0.5) is 0 Å². The molecule has 1 saturated heterocycles. The molecule has 0 aromatic carbocycles. The van der Waals surface area contributed by atoms with Gasteiger partial charge in [0.2, 0.25) is 5.91 Å². The van der Waals surface area contributed by atoms with E-state index in [1.54, 1.807) is 0 Å². The van der Waals surface area contributed by atoms with E-state index >= 15 is 0 Å². The highest BCUT2D eigenvalue weighted by molar-refractivity contribution is 8.00. The van der Waals surface area contributed by atoms with Crippen LogP contribution in [0.25, 0.3) is 0 Å². The lowest BCUT2D eigenvalue weighted by Gasteiger charge is -2.14. The number of hydrogen-bond donors (Lipinski definition) is 3. The number of nitrogens with one attached hydrogen (secondary N) is 1. The maximum absolute atomic E-state index is 11.4. The van der Waals surface area contributed by atoms with Gasteiger partial charge >= 0.3 is 5.97 Å². The van der Waals surface area contributed by atoms with E-state index in [9.17, 15) is 9.59 Å². The van der Waals surface area contributed by atoms with Gasteiger partial charge in [0.1, 0.15) is 6.04 Å². The molecule has 0 bridgehead atoms. The topological polar surface area (TPSA) is 86.6 Å². The van der Waals surface area contributed by atoms with Crippen molar-refractivity contribution in [3.63, 3.8) is 0 Å². The molecule has 2 atom stereocenters. The molecule has 80 valence electrons. The average Bonchev–Trinajstić information content (AvgIpc) is 2.65. The molecule has 6 heteroatoms. The number of carboxylic acid groups (broad SMARTS) is 1. The van der Waals surface area contributed by atoms with Crippen LogP contribution in [-0.2, 0) is 9.59 Å². The third-order valence-corrected chi connectivity index (χ3v) is 3.40. The van der Waals surface area contributed by atoms with Gasteiger partial charge in [0.05, 0.1) is 11.9 Å². The van der Waals surface area contributed by atoms with Gasteiger partial charge in [0.25, 0.3) is 0 Å². The van der Waals surface area contributed by atoms with Crippen LogP contribution < -0.4 is 5.32 Å². The molecule has 1 aliphatic rings. The Morgan fingerprint density at radius 1 is 1.57 bits per heavy atom. The van der Waals surface area contributed by atoms with Crippen molar-refractivity contribution >= 4 is 23.6 Å². The van der Waals surface area contributed by atoms with Crippen LogP contribution in [-0.4, -0.2) is 45.7 Å². The fourth-order valence-electron chi connectivity index (χ4n) is 1.23. The van der Waals surface area contributed by atoms with Crippen LogP contribution in [0.1, 0.15) is 12.8 Å². The quantitative estimate of drug-likeness (QED) is 0.590. The number of hydrogen-bond acceptors (Lipinski definition) is 4. The number of aliphatic hydroxyl groups is 1. The molecule has 3 N–H and O–H groups in total. The van der Waals surface area contributed by atoms with E-state index in [2.05, 4.69) is 5.32 Å². The zero-order chi connectivity index (χ0) is 10.6. The Morgan fingerprint density at radius 3 is 2.71 bits per heavy atom. The molecule has 1 amide bonds. The highest BCUT2D eigenvalue weighted by Gasteiger charge is 2.27. The number of carbonyl (C=O) groups excluding carboxylic acids is 1. The summed E-state index contributed by atoms with van der Waals surface area (Å²) in [4.78, 5) is 21.9. The number of carbonyl (C=O) groups is 2. The van der Waals surface area contributed by atoms with Crippen molar-refractivity contribution in [2.75, 3.05) is 12.4 Å². The molecular weight excluding hydrogens is 206 g/mol. The Bertz CT molecular complexity index is 227. The van der Waals surface area contributed by atoms with Crippen molar-refractivity contribution in [1.82, 2.24) is 5.32 Å². The molecule has 0 aliphatic carbocycles. The molecule has 5 nitrogen and oxygen atoms in total. The van der Waals surface area contributed by atoms with Gasteiger partial charge in [0.15, 0.2) is 0 Å². The molecule has 0 radical (unpaired) electrons. The Kier molecular flexibility index (Phi) is 4.21. The Labute approximate surface area is 85.9 Å². The summed E-state index contributed by atoms with van der Waals surface area (Å²) in [6.07, 6.45) is 1.77. The smallest absolute Gasteiger partial charge is 0.328 e. The predicted octanol–water partition coefficient (Wildman–Crippen LogP) is -0.556. The largest absolute Gasteiger partial charge is 0.480 e. The summed E-state index contributed by atoms with van der Waals surface area (Å²) in [6.45, 7) is -0.571. The zero-order valence-electron chi connectivity index (χ0n) is 7.60. The van der Waals surface area contributed by atoms with Crippen LogP contribution >= 0.6 is 11.8 Å². The van der Waals surface area contributed by atoms with Crippen LogP contribution in [0.15, 0.2) is 0 Å². The first kappa shape index (κ1) is 11.3. The third-order valence-electron chi connectivity index (χ3n) is 2.02. The van der Waals surface area contributed by atoms with Crippen molar-refractivity contribution in [2.45, 2.75) is 24.1 Å². The predicted molar refractivity (Wildman–Crippen MR) is 52.1 cm³/mol. The maximum atomic E-state index is 11.4. The minimum absolute atomic E-state index is 0.150. The number of carboxylic acids is 1. The molecule has 1 heterocycles. The second-order valence-corrected chi connectivity index (χ2v) is 4.39. The van der Waals surface area contributed by atoms with Gasteiger partial charge in [-0.3, -0.25) is 4.79 Å². The first-order valence-electron chi connectivity index (χ1n) is 4.40. The minimum atomic E-state index is -1.20. The fraction of sp³-hybridized carbons (Fsp3) is 0.750. The highest BCUT2D eigenvalue weighted by Crippen LogP contribution is 2.26. The molecule has 0 aromatic rings. The normalized spacial score (nSPS) is 23.1. The van der Waals surface area contributed by atoms with E-state index in [-0.39, 0.29) is 11.2 Å². The fourth-order valence-corrected chi connectivity index (χ4v) is 2.41. The second-order valence-electron chi connectivity index (χ2n) is 3.08. The lowest BCUT2D eigenvalue weighted by atomic mass is 10.2. The Morgan fingerprint density at radius 2 is 2.29 bits per heavy atom. The number of rotatable bonds is 4. The molecule has 0 aromatic heterocycles. The Balaban J connectivity index is 2.41.